The molecule has 11 rings (SSSR count). The molecule has 43 heavy (non-hydrogen) atoms. The van der Waals surface area contributed by atoms with Crippen LogP contribution in [0.3, 0.4) is 0 Å². The average Bonchev–Trinajstić information content (AvgIpc) is 3.00. The molecule has 4 saturated carbocycles. The fourth-order valence-electron chi connectivity index (χ4n) is 10.7. The Kier molecular flexibility index (Phi) is 5.63. The first-order valence-electron chi connectivity index (χ1n) is 16.3. The molecule has 4 fully saturated rings. The van der Waals surface area contributed by atoms with Gasteiger partial charge in [0.15, 0.2) is 0 Å². The first kappa shape index (κ1) is 26.3. The average molecular weight is 595 g/mol. The molecule has 8 aliphatic carbocycles. The summed E-state index contributed by atoms with van der Waals surface area (Å²) in [5.74, 6) is 0.735. The van der Waals surface area contributed by atoms with E-state index in [2.05, 4.69) is 54.6 Å². The summed E-state index contributed by atoms with van der Waals surface area (Å²) in [5.41, 5.74) is 6.66. The SMILES string of the molecule is O=C(OC12CC3CC(C1)CC(S(=O)(=O)Oc1cccc4c1CCCC4)(C3)C2)C1CC2c3ccccc3C1c1ccccc12. The number of hydrogen-bond acceptors (Lipinski definition) is 5. The van der Waals surface area contributed by atoms with Crippen LogP contribution in [0.15, 0.2) is 66.7 Å². The van der Waals surface area contributed by atoms with Gasteiger partial charge in [-0.15, -0.1) is 0 Å². The highest BCUT2D eigenvalue weighted by Gasteiger charge is 2.66. The molecule has 0 aromatic heterocycles. The molecule has 0 heterocycles. The summed E-state index contributed by atoms with van der Waals surface area (Å²) in [7, 11) is -3.94. The van der Waals surface area contributed by atoms with Crippen molar-refractivity contribution < 1.29 is 22.1 Å². The second-order valence-electron chi connectivity index (χ2n) is 14.5. The van der Waals surface area contributed by atoms with Gasteiger partial charge < -0.3 is 8.92 Å². The zero-order valence-electron chi connectivity index (χ0n) is 24.5. The zero-order chi connectivity index (χ0) is 29.0. The van der Waals surface area contributed by atoms with E-state index in [4.69, 9.17) is 8.92 Å². The van der Waals surface area contributed by atoms with E-state index in [-0.39, 0.29) is 35.6 Å². The fraction of sp³-hybridized carbons (Fsp3) is 0.486. The van der Waals surface area contributed by atoms with Gasteiger partial charge in [0.1, 0.15) is 16.1 Å². The minimum Gasteiger partial charge on any atom is -0.459 e. The Hall–Kier alpha value is -3.12. The summed E-state index contributed by atoms with van der Waals surface area (Å²) in [6.07, 6.45) is 8.87. The standard InChI is InChI=1S/C37H38O5S/c38-35(32-17-31-27-11-3-5-13-29(27)34(32)30-14-6-4-12-28(30)31)41-36-18-23-16-24(19-36)21-37(20-23,22-36)43(39,40)42-33-15-7-9-25-8-1-2-10-26(25)33/h3-7,9,11-15,23-24,31-32,34H,1-2,8,10,16-22H2. The largest absolute Gasteiger partial charge is 0.459 e. The van der Waals surface area contributed by atoms with Crippen molar-refractivity contribution in [2.24, 2.45) is 17.8 Å². The van der Waals surface area contributed by atoms with E-state index in [9.17, 15) is 13.2 Å². The van der Waals surface area contributed by atoms with E-state index < -0.39 is 20.5 Å². The summed E-state index contributed by atoms with van der Waals surface area (Å²) in [6.45, 7) is 0. The topological polar surface area (TPSA) is 69.7 Å². The highest BCUT2D eigenvalue weighted by atomic mass is 32.2. The van der Waals surface area contributed by atoms with Crippen LogP contribution in [0.4, 0.5) is 0 Å². The predicted octanol–water partition coefficient (Wildman–Crippen LogP) is 7.21. The third kappa shape index (κ3) is 3.87. The van der Waals surface area contributed by atoms with Crippen LogP contribution in [0.1, 0.15) is 103 Å². The molecule has 3 atom stereocenters. The van der Waals surface area contributed by atoms with Crippen molar-refractivity contribution >= 4 is 16.1 Å². The van der Waals surface area contributed by atoms with E-state index >= 15 is 0 Å². The second-order valence-corrected chi connectivity index (χ2v) is 16.5. The first-order valence-corrected chi connectivity index (χ1v) is 17.7. The summed E-state index contributed by atoms with van der Waals surface area (Å²) in [5, 5.41) is 0. The molecule has 0 spiro atoms. The molecule has 6 heteroatoms. The normalized spacial score (nSPS) is 34.7. The molecular formula is C37H38O5S. The summed E-state index contributed by atoms with van der Waals surface area (Å²) < 4.78 is 40.3. The van der Waals surface area contributed by atoms with Crippen LogP contribution in [-0.4, -0.2) is 24.7 Å². The van der Waals surface area contributed by atoms with Crippen molar-refractivity contribution in [1.82, 2.24) is 0 Å². The smallest absolute Gasteiger partial charge is 0.315 e. The molecule has 222 valence electrons. The van der Waals surface area contributed by atoms with Gasteiger partial charge in [-0.25, -0.2) is 0 Å². The van der Waals surface area contributed by atoms with Crippen molar-refractivity contribution in [2.45, 2.75) is 92.8 Å². The van der Waals surface area contributed by atoms with E-state index in [0.717, 1.165) is 56.9 Å². The number of carbonyl (C=O) groups excluding carboxylic acids is 1. The van der Waals surface area contributed by atoms with Gasteiger partial charge in [0.05, 0.1) is 5.92 Å². The molecule has 0 amide bonds. The van der Waals surface area contributed by atoms with Gasteiger partial charge in [-0.2, -0.15) is 8.42 Å². The highest BCUT2D eigenvalue weighted by molar-refractivity contribution is 7.88. The number of ether oxygens (including phenoxy) is 1. The predicted molar refractivity (Wildman–Crippen MR) is 164 cm³/mol. The minimum atomic E-state index is -3.94. The molecule has 3 aromatic rings. The Labute approximate surface area is 254 Å². The van der Waals surface area contributed by atoms with E-state index in [1.807, 2.05) is 12.1 Å². The lowest BCUT2D eigenvalue weighted by Gasteiger charge is -2.60. The Morgan fingerprint density at radius 3 is 2.09 bits per heavy atom. The molecule has 8 aliphatic rings. The van der Waals surface area contributed by atoms with Gasteiger partial charge in [0.2, 0.25) is 0 Å². The van der Waals surface area contributed by atoms with Gasteiger partial charge in [-0.1, -0.05) is 60.7 Å². The van der Waals surface area contributed by atoms with Crippen LogP contribution in [0.2, 0.25) is 0 Å². The third-order valence-electron chi connectivity index (χ3n) is 12.0. The summed E-state index contributed by atoms with van der Waals surface area (Å²) >= 11 is 0. The fourth-order valence-corrected chi connectivity index (χ4v) is 12.6. The highest BCUT2D eigenvalue weighted by Crippen LogP contribution is 2.63. The van der Waals surface area contributed by atoms with E-state index in [0.29, 0.717) is 25.0 Å². The van der Waals surface area contributed by atoms with Crippen LogP contribution in [0.25, 0.3) is 0 Å². The molecule has 0 N–H and O–H groups in total. The molecule has 3 aromatic carbocycles. The molecule has 0 aliphatic heterocycles. The van der Waals surface area contributed by atoms with Crippen LogP contribution in [-0.2, 0) is 32.5 Å². The van der Waals surface area contributed by atoms with Gasteiger partial charge in [-0.3, -0.25) is 4.79 Å². The van der Waals surface area contributed by atoms with E-state index in [1.165, 1.54) is 27.8 Å². The number of benzene rings is 3. The van der Waals surface area contributed by atoms with Crippen molar-refractivity contribution in [3.05, 3.63) is 100 Å². The van der Waals surface area contributed by atoms with Crippen LogP contribution >= 0.6 is 0 Å². The Bertz CT molecular complexity index is 1700. The molecule has 3 unspecified atom stereocenters. The second kappa shape index (κ2) is 9.20. The molecule has 0 radical (unpaired) electrons. The van der Waals surface area contributed by atoms with Gasteiger partial charge in [-0.05, 0) is 115 Å². The lowest BCUT2D eigenvalue weighted by molar-refractivity contribution is -0.189. The number of esters is 1. The minimum absolute atomic E-state index is 0.0240. The first-order chi connectivity index (χ1) is 20.8. The van der Waals surface area contributed by atoms with Gasteiger partial charge in [0.25, 0.3) is 0 Å². The number of aryl methyl sites for hydroxylation is 1. The maximum atomic E-state index is 14.3. The Morgan fingerprint density at radius 1 is 0.744 bits per heavy atom. The molecule has 5 nitrogen and oxygen atoms in total. The van der Waals surface area contributed by atoms with Crippen molar-refractivity contribution in [1.29, 1.82) is 0 Å². The van der Waals surface area contributed by atoms with Gasteiger partial charge >= 0.3 is 16.1 Å². The number of rotatable bonds is 5. The van der Waals surface area contributed by atoms with Gasteiger partial charge in [0, 0.05) is 18.3 Å². The van der Waals surface area contributed by atoms with E-state index in [1.54, 1.807) is 0 Å². The maximum Gasteiger partial charge on any atom is 0.315 e. The molecule has 6 bridgehead atoms. The maximum absolute atomic E-state index is 14.3. The van der Waals surface area contributed by atoms with Crippen molar-refractivity contribution in [2.75, 3.05) is 0 Å². The quantitative estimate of drug-likeness (QED) is 0.231. The number of hydrogen-bond donors (Lipinski definition) is 0. The van der Waals surface area contributed by atoms with Crippen LogP contribution in [0.5, 0.6) is 5.75 Å². The van der Waals surface area contributed by atoms with Crippen molar-refractivity contribution in [3.63, 3.8) is 0 Å². The Morgan fingerprint density at radius 2 is 1.40 bits per heavy atom. The lowest BCUT2D eigenvalue weighted by Crippen LogP contribution is -2.64. The number of fused-ring (bicyclic) bond motifs is 2. The zero-order valence-corrected chi connectivity index (χ0v) is 25.3. The third-order valence-corrected chi connectivity index (χ3v) is 13.9. The van der Waals surface area contributed by atoms with Crippen molar-refractivity contribution in [3.8, 4) is 5.75 Å². The van der Waals surface area contributed by atoms with Crippen LogP contribution < -0.4 is 4.18 Å². The molecular weight excluding hydrogens is 556 g/mol. The monoisotopic (exact) mass is 594 g/mol. The Balaban J connectivity index is 1.03. The lowest BCUT2D eigenvalue weighted by atomic mass is 9.53. The summed E-state index contributed by atoms with van der Waals surface area (Å²) in [6, 6.07) is 23.0. The molecule has 0 saturated heterocycles. The number of carbonyl (C=O) groups is 1. The summed E-state index contributed by atoms with van der Waals surface area (Å²) in [4.78, 5) is 14.3. The van der Waals surface area contributed by atoms with Crippen LogP contribution in [0, 0.1) is 17.8 Å².